The summed E-state index contributed by atoms with van der Waals surface area (Å²) in [7, 11) is 1.39. The Morgan fingerprint density at radius 3 is 2.52 bits per heavy atom. The molecule has 0 saturated heterocycles. The number of nitrogens with one attached hydrogen (secondary N) is 1. The molecule has 0 fully saturated rings. The fourth-order valence-electron chi connectivity index (χ4n) is 2.64. The number of aryl methyl sites for hydroxylation is 1. The topological polar surface area (TPSA) is 42.1 Å². The van der Waals surface area contributed by atoms with Crippen molar-refractivity contribution in [1.82, 2.24) is 4.98 Å². The summed E-state index contributed by atoms with van der Waals surface area (Å²) in [5, 5.41) is 1.26. The second kappa shape index (κ2) is 5.44. The molecule has 0 aliphatic heterocycles. The molecule has 0 spiro atoms. The fraction of sp³-hybridized carbons (Fsp3) is 0.167. The van der Waals surface area contributed by atoms with Crippen LogP contribution in [0.3, 0.4) is 0 Å². The highest BCUT2D eigenvalue weighted by Gasteiger charge is 2.09. The van der Waals surface area contributed by atoms with E-state index in [1.165, 1.54) is 29.3 Å². The van der Waals surface area contributed by atoms with Crippen LogP contribution in [0.5, 0.6) is 0 Å². The lowest BCUT2D eigenvalue weighted by atomic mass is 10.0. The van der Waals surface area contributed by atoms with Crippen molar-refractivity contribution in [3.8, 4) is 0 Å². The van der Waals surface area contributed by atoms with Gasteiger partial charge in [0, 0.05) is 16.6 Å². The molecule has 106 valence electrons. The summed E-state index contributed by atoms with van der Waals surface area (Å²) in [6, 6.07) is 15.9. The second-order valence-electron chi connectivity index (χ2n) is 5.14. The van der Waals surface area contributed by atoms with Crippen LogP contribution >= 0.6 is 0 Å². The van der Waals surface area contributed by atoms with Gasteiger partial charge in [0.15, 0.2) is 0 Å². The smallest absolute Gasteiger partial charge is 0.337 e. The molecule has 1 aromatic heterocycles. The molecule has 0 aliphatic rings. The SMILES string of the molecule is COC(=O)c1ccc(Cc2c(C)[nH]c3ccccc23)cc1. The first-order valence-corrected chi connectivity index (χ1v) is 6.92. The Hall–Kier alpha value is -2.55. The zero-order valence-electron chi connectivity index (χ0n) is 12.1. The molecular formula is C18H17NO2. The summed E-state index contributed by atoms with van der Waals surface area (Å²) in [6.07, 6.45) is 0.845. The van der Waals surface area contributed by atoms with Gasteiger partial charge in [-0.1, -0.05) is 30.3 Å². The summed E-state index contributed by atoms with van der Waals surface area (Å²) >= 11 is 0. The molecular weight excluding hydrogens is 262 g/mol. The van der Waals surface area contributed by atoms with Crippen LogP contribution in [0.4, 0.5) is 0 Å². The molecule has 3 rings (SSSR count). The number of esters is 1. The lowest BCUT2D eigenvalue weighted by Crippen LogP contribution is -2.01. The van der Waals surface area contributed by atoms with Crippen LogP contribution in [-0.2, 0) is 11.2 Å². The molecule has 21 heavy (non-hydrogen) atoms. The number of fused-ring (bicyclic) bond motifs is 1. The van der Waals surface area contributed by atoms with E-state index < -0.39 is 0 Å². The number of benzene rings is 2. The second-order valence-corrected chi connectivity index (χ2v) is 5.14. The van der Waals surface area contributed by atoms with Crippen LogP contribution in [0.15, 0.2) is 48.5 Å². The van der Waals surface area contributed by atoms with Crippen LogP contribution in [0, 0.1) is 6.92 Å². The first-order valence-electron chi connectivity index (χ1n) is 6.92. The molecule has 0 radical (unpaired) electrons. The van der Waals surface area contributed by atoms with Crippen molar-refractivity contribution < 1.29 is 9.53 Å². The van der Waals surface area contributed by atoms with E-state index >= 15 is 0 Å². The van der Waals surface area contributed by atoms with Crippen LogP contribution in [0.1, 0.15) is 27.2 Å². The summed E-state index contributed by atoms with van der Waals surface area (Å²) in [5.74, 6) is -0.301. The fourth-order valence-corrected chi connectivity index (χ4v) is 2.64. The largest absolute Gasteiger partial charge is 0.465 e. The lowest BCUT2D eigenvalue weighted by Gasteiger charge is -2.04. The van der Waals surface area contributed by atoms with E-state index in [0.29, 0.717) is 5.56 Å². The Morgan fingerprint density at radius 1 is 1.10 bits per heavy atom. The van der Waals surface area contributed by atoms with Gasteiger partial charge in [-0.05, 0) is 42.7 Å². The molecule has 3 aromatic rings. The lowest BCUT2D eigenvalue weighted by molar-refractivity contribution is 0.0600. The van der Waals surface area contributed by atoms with Gasteiger partial charge in [-0.2, -0.15) is 0 Å². The molecule has 0 atom stereocenters. The van der Waals surface area contributed by atoms with Gasteiger partial charge in [0.2, 0.25) is 0 Å². The number of para-hydroxylation sites is 1. The Labute approximate surface area is 123 Å². The number of carbonyl (C=O) groups excluding carboxylic acids is 1. The van der Waals surface area contributed by atoms with Crippen molar-refractivity contribution in [2.24, 2.45) is 0 Å². The maximum Gasteiger partial charge on any atom is 0.337 e. The van der Waals surface area contributed by atoms with E-state index in [9.17, 15) is 4.79 Å². The Kier molecular flexibility index (Phi) is 3.48. The van der Waals surface area contributed by atoms with E-state index in [1.54, 1.807) is 0 Å². The number of hydrogen-bond donors (Lipinski definition) is 1. The monoisotopic (exact) mass is 279 g/mol. The number of ether oxygens (including phenoxy) is 1. The third kappa shape index (κ3) is 2.55. The molecule has 1 heterocycles. The van der Waals surface area contributed by atoms with E-state index in [0.717, 1.165) is 11.9 Å². The summed E-state index contributed by atoms with van der Waals surface area (Å²) < 4.78 is 4.71. The average molecular weight is 279 g/mol. The minimum absolute atomic E-state index is 0.301. The molecule has 1 N–H and O–H groups in total. The zero-order chi connectivity index (χ0) is 14.8. The predicted octanol–water partition coefficient (Wildman–Crippen LogP) is 3.85. The molecule has 2 aromatic carbocycles. The van der Waals surface area contributed by atoms with Gasteiger partial charge in [0.25, 0.3) is 0 Å². The van der Waals surface area contributed by atoms with E-state index in [-0.39, 0.29) is 5.97 Å². The Morgan fingerprint density at radius 2 is 1.81 bits per heavy atom. The zero-order valence-corrected chi connectivity index (χ0v) is 12.1. The number of H-pyrrole nitrogens is 1. The van der Waals surface area contributed by atoms with E-state index in [4.69, 9.17) is 4.74 Å². The number of carbonyl (C=O) groups is 1. The minimum atomic E-state index is -0.301. The third-order valence-electron chi connectivity index (χ3n) is 3.78. The van der Waals surface area contributed by atoms with Gasteiger partial charge in [-0.3, -0.25) is 0 Å². The quantitative estimate of drug-likeness (QED) is 0.740. The molecule has 0 aliphatic carbocycles. The molecule has 0 bridgehead atoms. The molecule has 3 heteroatoms. The van der Waals surface area contributed by atoms with Crippen molar-refractivity contribution in [3.63, 3.8) is 0 Å². The van der Waals surface area contributed by atoms with Crippen LogP contribution < -0.4 is 0 Å². The van der Waals surface area contributed by atoms with E-state index in [1.807, 2.05) is 30.3 Å². The average Bonchev–Trinajstić information content (AvgIpc) is 2.83. The highest BCUT2D eigenvalue weighted by atomic mass is 16.5. The minimum Gasteiger partial charge on any atom is -0.465 e. The number of methoxy groups -OCH3 is 1. The van der Waals surface area contributed by atoms with Gasteiger partial charge in [-0.15, -0.1) is 0 Å². The van der Waals surface area contributed by atoms with Crippen LogP contribution in [-0.4, -0.2) is 18.1 Å². The number of rotatable bonds is 3. The van der Waals surface area contributed by atoms with Gasteiger partial charge in [0.1, 0.15) is 0 Å². The molecule has 0 amide bonds. The highest BCUT2D eigenvalue weighted by molar-refractivity contribution is 5.89. The maximum atomic E-state index is 11.4. The van der Waals surface area contributed by atoms with Gasteiger partial charge in [0.05, 0.1) is 12.7 Å². The van der Waals surface area contributed by atoms with Gasteiger partial charge >= 0.3 is 5.97 Å². The third-order valence-corrected chi connectivity index (χ3v) is 3.78. The van der Waals surface area contributed by atoms with Gasteiger partial charge in [-0.25, -0.2) is 4.79 Å². The first kappa shape index (κ1) is 13.4. The predicted molar refractivity (Wildman–Crippen MR) is 83.6 cm³/mol. The van der Waals surface area contributed by atoms with Crippen molar-refractivity contribution >= 4 is 16.9 Å². The Bertz CT molecular complexity index is 785. The van der Waals surface area contributed by atoms with Crippen molar-refractivity contribution in [3.05, 3.63) is 70.9 Å². The van der Waals surface area contributed by atoms with Crippen molar-refractivity contribution in [2.45, 2.75) is 13.3 Å². The number of aromatic nitrogens is 1. The summed E-state index contributed by atoms with van der Waals surface area (Å²) in [6.45, 7) is 2.10. The van der Waals surface area contributed by atoms with Crippen molar-refractivity contribution in [1.29, 1.82) is 0 Å². The molecule has 0 saturated carbocycles. The number of aromatic amines is 1. The normalized spacial score (nSPS) is 10.8. The van der Waals surface area contributed by atoms with E-state index in [2.05, 4.69) is 30.1 Å². The van der Waals surface area contributed by atoms with Gasteiger partial charge < -0.3 is 9.72 Å². The number of hydrogen-bond acceptors (Lipinski definition) is 2. The van der Waals surface area contributed by atoms with Crippen LogP contribution in [0.25, 0.3) is 10.9 Å². The standard InChI is InChI=1S/C18H17NO2/c1-12-16(15-5-3-4-6-17(15)19-12)11-13-7-9-14(10-8-13)18(20)21-2/h3-10,19H,11H2,1-2H3. The molecule has 0 unspecified atom stereocenters. The maximum absolute atomic E-state index is 11.4. The first-order chi connectivity index (χ1) is 10.2. The van der Waals surface area contributed by atoms with Crippen LogP contribution in [0.2, 0.25) is 0 Å². The summed E-state index contributed by atoms with van der Waals surface area (Å²) in [5.41, 5.74) is 5.41. The van der Waals surface area contributed by atoms with Crippen molar-refractivity contribution in [2.75, 3.05) is 7.11 Å². The molecule has 3 nitrogen and oxygen atoms in total. The summed E-state index contributed by atoms with van der Waals surface area (Å²) in [4.78, 5) is 14.9. The highest BCUT2D eigenvalue weighted by Crippen LogP contribution is 2.24. The Balaban J connectivity index is 1.92.